The predicted octanol–water partition coefficient (Wildman–Crippen LogP) is 3.66. The van der Waals surface area contributed by atoms with Crippen molar-refractivity contribution in [3.05, 3.63) is 48.0 Å². The zero-order valence-corrected chi connectivity index (χ0v) is 15.1. The molecule has 2 aromatic carbocycles. The highest BCUT2D eigenvalue weighted by Crippen LogP contribution is 2.32. The van der Waals surface area contributed by atoms with Crippen LogP contribution in [-0.4, -0.2) is 38.4 Å². The smallest absolute Gasteiger partial charge is 0.255 e. The molecule has 6 nitrogen and oxygen atoms in total. The van der Waals surface area contributed by atoms with Gasteiger partial charge in [-0.3, -0.25) is 4.79 Å². The number of rotatable bonds is 5. The van der Waals surface area contributed by atoms with E-state index in [0.29, 0.717) is 42.6 Å². The SMILES string of the molecule is O=C(Nc1ccc2c(c1)OCCCO2)c1ccc(OC[C@@H]2CCCO2)cc1. The molecule has 1 atom stereocenters. The van der Waals surface area contributed by atoms with Gasteiger partial charge in [-0.05, 0) is 49.2 Å². The Balaban J connectivity index is 1.35. The maximum atomic E-state index is 12.5. The normalized spacial score (nSPS) is 18.6. The van der Waals surface area contributed by atoms with Crippen molar-refractivity contribution in [3.8, 4) is 17.2 Å². The van der Waals surface area contributed by atoms with E-state index in [1.54, 1.807) is 30.3 Å². The summed E-state index contributed by atoms with van der Waals surface area (Å²) < 4.78 is 22.5. The second-order valence-corrected chi connectivity index (χ2v) is 6.64. The molecule has 2 aliphatic heterocycles. The Hall–Kier alpha value is -2.73. The van der Waals surface area contributed by atoms with Gasteiger partial charge in [-0.1, -0.05) is 0 Å². The lowest BCUT2D eigenvalue weighted by Crippen LogP contribution is -2.16. The standard InChI is InChI=1S/C21H23NO5/c23-21(22-16-6-9-19-20(13-16)26-12-2-11-25-19)15-4-7-17(8-5-15)27-14-18-3-1-10-24-18/h4-9,13,18H,1-3,10-12,14H2,(H,22,23)/t18-/m0/s1. The van der Waals surface area contributed by atoms with E-state index in [1.165, 1.54) is 0 Å². The minimum absolute atomic E-state index is 0.174. The lowest BCUT2D eigenvalue weighted by molar-refractivity contribution is 0.0679. The second-order valence-electron chi connectivity index (χ2n) is 6.64. The summed E-state index contributed by atoms with van der Waals surface area (Å²) in [6.07, 6.45) is 3.15. The Labute approximate surface area is 158 Å². The molecule has 2 heterocycles. The molecule has 1 N–H and O–H groups in total. The minimum Gasteiger partial charge on any atom is -0.491 e. The largest absolute Gasteiger partial charge is 0.491 e. The highest BCUT2D eigenvalue weighted by Gasteiger charge is 2.16. The average molecular weight is 369 g/mol. The summed E-state index contributed by atoms with van der Waals surface area (Å²) >= 11 is 0. The predicted molar refractivity (Wildman–Crippen MR) is 101 cm³/mol. The molecular formula is C21H23NO5. The third-order valence-corrected chi connectivity index (χ3v) is 4.58. The first-order chi connectivity index (χ1) is 13.3. The molecule has 2 aromatic rings. The maximum absolute atomic E-state index is 12.5. The van der Waals surface area contributed by atoms with Crippen LogP contribution in [0.4, 0.5) is 5.69 Å². The summed E-state index contributed by atoms with van der Waals surface area (Å²) in [4.78, 5) is 12.5. The Morgan fingerprint density at radius 1 is 1.00 bits per heavy atom. The molecule has 0 aliphatic carbocycles. The number of fused-ring (bicyclic) bond motifs is 1. The molecule has 0 aromatic heterocycles. The lowest BCUT2D eigenvalue weighted by atomic mass is 10.2. The topological polar surface area (TPSA) is 66.0 Å². The molecule has 2 aliphatic rings. The van der Waals surface area contributed by atoms with Crippen molar-refractivity contribution in [2.45, 2.75) is 25.4 Å². The number of nitrogens with one attached hydrogen (secondary N) is 1. The number of carbonyl (C=O) groups is 1. The first-order valence-electron chi connectivity index (χ1n) is 9.33. The van der Waals surface area contributed by atoms with E-state index in [2.05, 4.69) is 5.32 Å². The van der Waals surface area contributed by atoms with Crippen LogP contribution in [0.1, 0.15) is 29.6 Å². The van der Waals surface area contributed by atoms with Crippen molar-refractivity contribution in [1.29, 1.82) is 0 Å². The monoisotopic (exact) mass is 369 g/mol. The van der Waals surface area contributed by atoms with Gasteiger partial charge in [0.2, 0.25) is 0 Å². The van der Waals surface area contributed by atoms with Gasteiger partial charge in [0.25, 0.3) is 5.91 Å². The summed E-state index contributed by atoms with van der Waals surface area (Å²) in [5.74, 6) is 1.91. The molecule has 6 heteroatoms. The minimum atomic E-state index is -0.185. The Bertz CT molecular complexity index is 784. The molecule has 0 unspecified atom stereocenters. The van der Waals surface area contributed by atoms with Crippen LogP contribution in [0.2, 0.25) is 0 Å². The van der Waals surface area contributed by atoms with Crippen molar-refractivity contribution in [2.24, 2.45) is 0 Å². The van der Waals surface area contributed by atoms with Crippen LogP contribution in [0.5, 0.6) is 17.2 Å². The number of amides is 1. The second kappa shape index (κ2) is 8.31. The van der Waals surface area contributed by atoms with E-state index in [4.69, 9.17) is 18.9 Å². The zero-order valence-electron chi connectivity index (χ0n) is 15.1. The zero-order chi connectivity index (χ0) is 18.5. The van der Waals surface area contributed by atoms with Crippen LogP contribution < -0.4 is 19.5 Å². The van der Waals surface area contributed by atoms with E-state index in [9.17, 15) is 4.79 Å². The van der Waals surface area contributed by atoms with Gasteiger partial charge in [-0.2, -0.15) is 0 Å². The van der Waals surface area contributed by atoms with Crippen LogP contribution in [-0.2, 0) is 4.74 Å². The van der Waals surface area contributed by atoms with E-state index in [1.807, 2.05) is 12.1 Å². The van der Waals surface area contributed by atoms with Crippen LogP contribution in [0.15, 0.2) is 42.5 Å². The van der Waals surface area contributed by atoms with Gasteiger partial charge in [-0.15, -0.1) is 0 Å². The third kappa shape index (κ3) is 4.52. The van der Waals surface area contributed by atoms with E-state index >= 15 is 0 Å². The molecule has 0 spiro atoms. The highest BCUT2D eigenvalue weighted by molar-refractivity contribution is 6.04. The first-order valence-corrected chi connectivity index (χ1v) is 9.33. The summed E-state index contributed by atoms with van der Waals surface area (Å²) in [6.45, 7) is 2.60. The molecular weight excluding hydrogens is 346 g/mol. The number of benzene rings is 2. The van der Waals surface area contributed by atoms with Crippen molar-refractivity contribution >= 4 is 11.6 Å². The summed E-state index contributed by atoms with van der Waals surface area (Å²) in [5.41, 5.74) is 1.23. The Kier molecular flexibility index (Phi) is 5.44. The summed E-state index contributed by atoms with van der Waals surface area (Å²) in [7, 11) is 0. The van der Waals surface area contributed by atoms with Crippen molar-refractivity contribution in [3.63, 3.8) is 0 Å². The van der Waals surface area contributed by atoms with Gasteiger partial charge < -0.3 is 24.3 Å². The number of ether oxygens (including phenoxy) is 4. The molecule has 1 saturated heterocycles. The van der Waals surface area contributed by atoms with Gasteiger partial charge in [-0.25, -0.2) is 0 Å². The third-order valence-electron chi connectivity index (χ3n) is 4.58. The van der Waals surface area contributed by atoms with Crippen LogP contribution in [0.25, 0.3) is 0 Å². The van der Waals surface area contributed by atoms with Gasteiger partial charge >= 0.3 is 0 Å². The molecule has 1 amide bonds. The van der Waals surface area contributed by atoms with Crippen molar-refractivity contribution in [2.75, 3.05) is 31.7 Å². The molecule has 27 heavy (non-hydrogen) atoms. The molecule has 142 valence electrons. The number of carbonyl (C=O) groups excluding carboxylic acids is 1. The van der Waals surface area contributed by atoms with Crippen molar-refractivity contribution in [1.82, 2.24) is 0 Å². The quantitative estimate of drug-likeness (QED) is 0.871. The fourth-order valence-electron chi connectivity index (χ4n) is 3.11. The summed E-state index contributed by atoms with van der Waals surface area (Å²) in [5, 5.41) is 2.89. The first kappa shape index (κ1) is 17.7. The average Bonchev–Trinajstić information content (AvgIpc) is 3.11. The van der Waals surface area contributed by atoms with Gasteiger partial charge in [0.15, 0.2) is 11.5 Å². The Morgan fingerprint density at radius 3 is 2.59 bits per heavy atom. The van der Waals surface area contributed by atoms with Crippen LogP contribution in [0.3, 0.4) is 0 Å². The number of anilines is 1. The van der Waals surface area contributed by atoms with Gasteiger partial charge in [0, 0.05) is 30.3 Å². The van der Waals surface area contributed by atoms with Crippen LogP contribution in [0, 0.1) is 0 Å². The van der Waals surface area contributed by atoms with E-state index in [0.717, 1.165) is 31.6 Å². The van der Waals surface area contributed by atoms with E-state index < -0.39 is 0 Å². The molecule has 4 rings (SSSR count). The fourth-order valence-corrected chi connectivity index (χ4v) is 3.11. The fraction of sp³-hybridized carbons (Fsp3) is 0.381. The van der Waals surface area contributed by atoms with Crippen molar-refractivity contribution < 1.29 is 23.7 Å². The molecule has 0 bridgehead atoms. The number of hydrogen-bond donors (Lipinski definition) is 1. The molecule has 1 fully saturated rings. The van der Waals surface area contributed by atoms with Gasteiger partial charge in [0.05, 0.1) is 19.3 Å². The highest BCUT2D eigenvalue weighted by atomic mass is 16.5. The molecule has 0 saturated carbocycles. The van der Waals surface area contributed by atoms with E-state index in [-0.39, 0.29) is 12.0 Å². The Morgan fingerprint density at radius 2 is 1.81 bits per heavy atom. The summed E-state index contributed by atoms with van der Waals surface area (Å²) in [6, 6.07) is 12.5. The van der Waals surface area contributed by atoms with Crippen LogP contribution >= 0.6 is 0 Å². The van der Waals surface area contributed by atoms with Gasteiger partial charge in [0.1, 0.15) is 12.4 Å². The number of hydrogen-bond acceptors (Lipinski definition) is 5. The lowest BCUT2D eigenvalue weighted by Gasteiger charge is -2.12. The maximum Gasteiger partial charge on any atom is 0.255 e. The molecule has 0 radical (unpaired) electrons.